The van der Waals surface area contributed by atoms with Crippen LogP contribution in [0.3, 0.4) is 0 Å². The Hall–Kier alpha value is -1.16. The summed E-state index contributed by atoms with van der Waals surface area (Å²) in [6.07, 6.45) is -1.23. The first-order chi connectivity index (χ1) is 8.45. The van der Waals surface area contributed by atoms with Gasteiger partial charge in [-0.1, -0.05) is 0 Å². The third-order valence-corrected chi connectivity index (χ3v) is 3.71. The van der Waals surface area contributed by atoms with Gasteiger partial charge in [0.25, 0.3) is 5.56 Å². The van der Waals surface area contributed by atoms with Crippen molar-refractivity contribution in [3.63, 3.8) is 0 Å². The first-order valence-electron chi connectivity index (χ1n) is 5.12. The number of halogens is 2. The Morgan fingerprint density at radius 1 is 1.56 bits per heavy atom. The van der Waals surface area contributed by atoms with E-state index in [2.05, 4.69) is 4.98 Å². The van der Waals surface area contributed by atoms with E-state index in [1.54, 1.807) is 22.6 Å². The van der Waals surface area contributed by atoms with Gasteiger partial charge >= 0.3 is 5.69 Å². The zero-order valence-electron chi connectivity index (χ0n) is 9.01. The predicted octanol–water partition coefficient (Wildman–Crippen LogP) is 0.227. The number of alkyl halides is 1. The number of hydrogen-bond donors (Lipinski definition) is 3. The maximum Gasteiger partial charge on any atom is 0.328 e. The number of hydrogen-bond acceptors (Lipinski definition) is 4. The molecule has 0 saturated heterocycles. The van der Waals surface area contributed by atoms with Gasteiger partial charge in [0.05, 0.1) is 15.9 Å². The number of nitrogens with zero attached hydrogens (tertiary/aromatic N) is 1. The van der Waals surface area contributed by atoms with Crippen LogP contribution in [0.5, 0.6) is 0 Å². The van der Waals surface area contributed by atoms with E-state index in [1.165, 1.54) is 6.20 Å². The third-order valence-electron chi connectivity index (χ3n) is 2.94. The zero-order chi connectivity index (χ0) is 13.4. The van der Waals surface area contributed by atoms with Gasteiger partial charge in [0.2, 0.25) is 0 Å². The van der Waals surface area contributed by atoms with E-state index >= 15 is 0 Å². The Kier molecular flexibility index (Phi) is 3.57. The van der Waals surface area contributed by atoms with Crippen molar-refractivity contribution in [2.75, 3.05) is 0 Å². The van der Waals surface area contributed by atoms with Gasteiger partial charge in [-0.2, -0.15) is 0 Å². The van der Waals surface area contributed by atoms with Crippen molar-refractivity contribution in [2.45, 2.75) is 24.7 Å². The van der Waals surface area contributed by atoms with Gasteiger partial charge in [0.1, 0.15) is 6.10 Å². The smallest absolute Gasteiger partial charge is 0.328 e. The molecule has 1 aliphatic rings. The van der Waals surface area contributed by atoms with Gasteiger partial charge in [-0.05, 0) is 34.6 Å². The number of nitrogens with one attached hydrogen (secondary N) is 1. The number of rotatable bonds is 1. The van der Waals surface area contributed by atoms with Crippen LogP contribution >= 0.6 is 22.6 Å². The summed E-state index contributed by atoms with van der Waals surface area (Å²) in [5.74, 6) is 0. The molecule has 1 fully saturated rings. The van der Waals surface area contributed by atoms with Crippen molar-refractivity contribution in [3.05, 3.63) is 42.4 Å². The van der Waals surface area contributed by atoms with Crippen molar-refractivity contribution < 1.29 is 14.6 Å². The highest BCUT2D eigenvalue weighted by Gasteiger charge is 2.40. The molecule has 0 unspecified atom stereocenters. The van der Waals surface area contributed by atoms with Gasteiger partial charge in [0.15, 0.2) is 6.17 Å². The first kappa shape index (κ1) is 13.3. The molecule has 1 heterocycles. The van der Waals surface area contributed by atoms with E-state index in [0.717, 1.165) is 4.57 Å². The summed E-state index contributed by atoms with van der Waals surface area (Å²) in [6.45, 7) is 0. The molecule has 1 aromatic heterocycles. The lowest BCUT2D eigenvalue weighted by atomic mass is 10.2. The van der Waals surface area contributed by atoms with Crippen molar-refractivity contribution >= 4 is 22.6 Å². The van der Waals surface area contributed by atoms with E-state index in [1.807, 2.05) is 0 Å². The van der Waals surface area contributed by atoms with Crippen LogP contribution in [0.25, 0.3) is 0 Å². The molecule has 3 atom stereocenters. The van der Waals surface area contributed by atoms with E-state index < -0.39 is 29.6 Å². The fourth-order valence-electron chi connectivity index (χ4n) is 1.98. The summed E-state index contributed by atoms with van der Waals surface area (Å²) < 4.78 is 15.1. The second-order valence-corrected chi connectivity index (χ2v) is 5.17. The minimum atomic E-state index is -1.71. The molecule has 0 bridgehead atoms. The number of aromatic amines is 1. The van der Waals surface area contributed by atoms with Crippen LogP contribution < -0.4 is 11.2 Å². The lowest BCUT2D eigenvalue weighted by Gasteiger charge is -2.16. The zero-order valence-corrected chi connectivity index (χ0v) is 11.2. The fourth-order valence-corrected chi connectivity index (χ4v) is 2.41. The standard InChI is InChI=1S/C10H10FIN2O4/c11-7-6(1-4(3-15)8(7)16)14-2-5(12)9(17)13-10(14)18/h2-3,6-8,15-16H,1H2,(H,13,17,18)/b4-3-/t6-,7-,8-/m1/s1. The lowest BCUT2D eigenvalue weighted by Crippen LogP contribution is -2.36. The molecule has 0 amide bonds. The van der Waals surface area contributed by atoms with Crippen molar-refractivity contribution in [3.8, 4) is 0 Å². The second-order valence-electron chi connectivity index (χ2n) is 4.01. The van der Waals surface area contributed by atoms with Gasteiger partial charge in [-0.15, -0.1) is 0 Å². The fraction of sp³-hybridized carbons (Fsp3) is 0.400. The SMILES string of the molecule is O=c1[nH]c(=O)n([C@@H]2C/C(=C/O)[C@@H](O)[C@@H]2F)cc1I. The number of aliphatic hydroxyl groups is 2. The largest absolute Gasteiger partial charge is 0.516 e. The molecule has 1 saturated carbocycles. The van der Waals surface area contributed by atoms with Crippen LogP contribution in [0.15, 0.2) is 27.6 Å². The van der Waals surface area contributed by atoms with Crippen LogP contribution in [-0.2, 0) is 0 Å². The molecule has 0 spiro atoms. The quantitative estimate of drug-likeness (QED) is 0.489. The van der Waals surface area contributed by atoms with Gasteiger partial charge in [-0.3, -0.25) is 14.3 Å². The summed E-state index contributed by atoms with van der Waals surface area (Å²) in [4.78, 5) is 24.9. The minimum absolute atomic E-state index is 0.0147. The lowest BCUT2D eigenvalue weighted by molar-refractivity contribution is 0.101. The molecule has 0 radical (unpaired) electrons. The van der Waals surface area contributed by atoms with E-state index in [0.29, 0.717) is 6.26 Å². The van der Waals surface area contributed by atoms with Crippen LogP contribution in [0, 0.1) is 3.57 Å². The molecule has 18 heavy (non-hydrogen) atoms. The molecule has 1 aromatic rings. The molecule has 0 aliphatic heterocycles. The number of H-pyrrole nitrogens is 1. The Balaban J connectivity index is 2.48. The first-order valence-corrected chi connectivity index (χ1v) is 6.20. The Morgan fingerprint density at radius 3 is 2.78 bits per heavy atom. The summed E-state index contributed by atoms with van der Waals surface area (Å²) in [5, 5.41) is 18.4. The van der Waals surface area contributed by atoms with Crippen LogP contribution in [-0.4, -0.2) is 32.0 Å². The highest BCUT2D eigenvalue weighted by molar-refractivity contribution is 14.1. The molecular weight excluding hydrogens is 358 g/mol. The highest BCUT2D eigenvalue weighted by Crippen LogP contribution is 2.35. The second kappa shape index (κ2) is 4.84. The maximum absolute atomic E-state index is 13.9. The predicted molar refractivity (Wildman–Crippen MR) is 69.3 cm³/mol. The molecule has 2 rings (SSSR count). The summed E-state index contributed by atoms with van der Waals surface area (Å²) >= 11 is 1.73. The molecule has 6 nitrogen and oxygen atoms in total. The van der Waals surface area contributed by atoms with E-state index in [-0.39, 0.29) is 15.6 Å². The van der Waals surface area contributed by atoms with E-state index in [4.69, 9.17) is 5.11 Å². The number of aliphatic hydroxyl groups excluding tert-OH is 2. The third kappa shape index (κ3) is 2.09. The van der Waals surface area contributed by atoms with Crippen molar-refractivity contribution in [1.29, 1.82) is 0 Å². The summed E-state index contributed by atoms with van der Waals surface area (Å²) in [5.41, 5.74) is -1.15. The van der Waals surface area contributed by atoms with Crippen LogP contribution in [0.1, 0.15) is 12.5 Å². The molecule has 98 valence electrons. The normalized spacial score (nSPS) is 29.9. The topological polar surface area (TPSA) is 95.3 Å². The van der Waals surface area contributed by atoms with Gasteiger partial charge < -0.3 is 10.2 Å². The van der Waals surface area contributed by atoms with Crippen LogP contribution in [0.2, 0.25) is 0 Å². The maximum atomic E-state index is 13.9. The Morgan fingerprint density at radius 2 is 2.22 bits per heavy atom. The number of aromatic nitrogens is 2. The Labute approximate surface area is 114 Å². The Bertz CT molecular complexity index is 609. The average Bonchev–Trinajstić information content (AvgIpc) is 2.61. The molecular formula is C10H10FIN2O4. The van der Waals surface area contributed by atoms with E-state index in [9.17, 15) is 19.1 Å². The van der Waals surface area contributed by atoms with Gasteiger partial charge in [-0.25, -0.2) is 9.18 Å². The molecule has 0 aromatic carbocycles. The summed E-state index contributed by atoms with van der Waals surface area (Å²) in [6, 6.07) is -0.934. The summed E-state index contributed by atoms with van der Waals surface area (Å²) in [7, 11) is 0. The van der Waals surface area contributed by atoms with Crippen LogP contribution in [0.4, 0.5) is 4.39 Å². The monoisotopic (exact) mass is 368 g/mol. The molecule has 1 aliphatic carbocycles. The molecule has 3 N–H and O–H groups in total. The molecule has 8 heteroatoms. The van der Waals surface area contributed by atoms with Crippen molar-refractivity contribution in [2.24, 2.45) is 0 Å². The van der Waals surface area contributed by atoms with Crippen molar-refractivity contribution in [1.82, 2.24) is 9.55 Å². The minimum Gasteiger partial charge on any atom is -0.516 e. The average molecular weight is 368 g/mol. The highest BCUT2D eigenvalue weighted by atomic mass is 127. The van der Waals surface area contributed by atoms with Gasteiger partial charge in [0, 0.05) is 6.20 Å².